The summed E-state index contributed by atoms with van der Waals surface area (Å²) in [6.07, 6.45) is 4.00. The molecular formula is C16H32O2. The van der Waals surface area contributed by atoms with E-state index in [1.807, 2.05) is 20.8 Å². The van der Waals surface area contributed by atoms with Crippen LogP contribution in [0.4, 0.5) is 0 Å². The standard InChI is InChI=1S/C16H32O2/c1-8-13(5)11-14(10-12(3)4)18-15(17)16(6,7)9-2/h12-14H,8-11H2,1-7H3. The van der Waals surface area contributed by atoms with E-state index >= 15 is 0 Å². The molecule has 0 aromatic heterocycles. The predicted molar refractivity (Wildman–Crippen MR) is 77.5 cm³/mol. The Morgan fingerprint density at radius 2 is 1.67 bits per heavy atom. The minimum absolute atomic E-state index is 0.0426. The first kappa shape index (κ1) is 17.5. The van der Waals surface area contributed by atoms with E-state index in [-0.39, 0.29) is 17.5 Å². The number of ether oxygens (including phenoxy) is 1. The maximum Gasteiger partial charge on any atom is 0.311 e. The molecule has 2 unspecified atom stereocenters. The van der Waals surface area contributed by atoms with E-state index in [0.29, 0.717) is 11.8 Å². The molecule has 0 heterocycles. The first-order valence-corrected chi connectivity index (χ1v) is 7.44. The van der Waals surface area contributed by atoms with Crippen LogP contribution in [0.1, 0.15) is 74.1 Å². The van der Waals surface area contributed by atoms with Crippen molar-refractivity contribution in [3.05, 3.63) is 0 Å². The van der Waals surface area contributed by atoms with Crippen LogP contribution in [0.5, 0.6) is 0 Å². The third-order valence-corrected chi connectivity index (χ3v) is 3.81. The van der Waals surface area contributed by atoms with Gasteiger partial charge in [0, 0.05) is 0 Å². The van der Waals surface area contributed by atoms with Crippen molar-refractivity contribution in [1.29, 1.82) is 0 Å². The van der Waals surface area contributed by atoms with Gasteiger partial charge in [-0.15, -0.1) is 0 Å². The topological polar surface area (TPSA) is 26.3 Å². The fraction of sp³-hybridized carbons (Fsp3) is 0.938. The Hall–Kier alpha value is -0.530. The molecule has 0 aliphatic carbocycles. The van der Waals surface area contributed by atoms with Crippen molar-refractivity contribution < 1.29 is 9.53 Å². The lowest BCUT2D eigenvalue weighted by Crippen LogP contribution is -2.31. The fourth-order valence-electron chi connectivity index (χ4n) is 1.79. The van der Waals surface area contributed by atoms with Gasteiger partial charge >= 0.3 is 5.97 Å². The van der Waals surface area contributed by atoms with Crippen molar-refractivity contribution in [2.45, 2.75) is 80.3 Å². The molecule has 0 aromatic rings. The van der Waals surface area contributed by atoms with Gasteiger partial charge in [-0.1, -0.05) is 41.0 Å². The van der Waals surface area contributed by atoms with Gasteiger partial charge in [0.2, 0.25) is 0 Å². The highest BCUT2D eigenvalue weighted by atomic mass is 16.5. The Morgan fingerprint density at radius 1 is 1.11 bits per heavy atom. The number of rotatable bonds is 8. The molecule has 2 nitrogen and oxygen atoms in total. The summed E-state index contributed by atoms with van der Waals surface area (Å²) in [5.41, 5.74) is -0.356. The molecule has 2 heteroatoms. The third-order valence-electron chi connectivity index (χ3n) is 3.81. The van der Waals surface area contributed by atoms with Crippen LogP contribution < -0.4 is 0 Å². The van der Waals surface area contributed by atoms with Gasteiger partial charge in [0.05, 0.1) is 5.41 Å². The highest BCUT2D eigenvalue weighted by Gasteiger charge is 2.30. The number of carbonyl (C=O) groups excluding carboxylic acids is 1. The van der Waals surface area contributed by atoms with Crippen LogP contribution in [-0.2, 0) is 9.53 Å². The van der Waals surface area contributed by atoms with Gasteiger partial charge in [0.15, 0.2) is 0 Å². The smallest absolute Gasteiger partial charge is 0.311 e. The zero-order chi connectivity index (χ0) is 14.3. The van der Waals surface area contributed by atoms with E-state index in [1.165, 1.54) is 0 Å². The van der Waals surface area contributed by atoms with Crippen molar-refractivity contribution in [3.8, 4) is 0 Å². The molecule has 0 spiro atoms. The van der Waals surface area contributed by atoms with Gasteiger partial charge in [0.25, 0.3) is 0 Å². The van der Waals surface area contributed by atoms with Crippen molar-refractivity contribution in [3.63, 3.8) is 0 Å². The summed E-state index contributed by atoms with van der Waals surface area (Å²) >= 11 is 0. The van der Waals surface area contributed by atoms with E-state index in [4.69, 9.17) is 4.74 Å². The highest BCUT2D eigenvalue weighted by molar-refractivity contribution is 5.75. The SMILES string of the molecule is CCC(C)CC(CC(C)C)OC(=O)C(C)(C)CC. The number of hydrogen-bond acceptors (Lipinski definition) is 2. The Labute approximate surface area is 113 Å². The molecule has 108 valence electrons. The van der Waals surface area contributed by atoms with E-state index in [1.54, 1.807) is 0 Å². The van der Waals surface area contributed by atoms with Crippen LogP contribution in [-0.4, -0.2) is 12.1 Å². The van der Waals surface area contributed by atoms with Crippen LogP contribution in [0.3, 0.4) is 0 Å². The molecule has 0 radical (unpaired) electrons. The lowest BCUT2D eigenvalue weighted by atomic mass is 9.90. The van der Waals surface area contributed by atoms with Crippen molar-refractivity contribution in [2.75, 3.05) is 0 Å². The number of esters is 1. The Balaban J connectivity index is 4.53. The molecule has 0 aliphatic heterocycles. The maximum absolute atomic E-state index is 12.1. The van der Waals surface area contributed by atoms with Crippen LogP contribution in [0.2, 0.25) is 0 Å². The second-order valence-corrected chi connectivity index (χ2v) is 6.64. The molecule has 0 amide bonds. The molecule has 0 bridgehead atoms. The summed E-state index contributed by atoms with van der Waals surface area (Å²) in [6, 6.07) is 0. The summed E-state index contributed by atoms with van der Waals surface area (Å²) in [6.45, 7) is 14.7. The Morgan fingerprint density at radius 3 is 2.06 bits per heavy atom. The fourth-order valence-corrected chi connectivity index (χ4v) is 1.79. The summed E-state index contributed by atoms with van der Waals surface area (Å²) in [4.78, 5) is 12.1. The highest BCUT2D eigenvalue weighted by Crippen LogP contribution is 2.26. The first-order chi connectivity index (χ1) is 8.22. The number of hydrogen-bond donors (Lipinski definition) is 0. The Bertz CT molecular complexity index is 243. The Kier molecular flexibility index (Phi) is 7.58. The van der Waals surface area contributed by atoms with E-state index in [9.17, 15) is 4.79 Å². The van der Waals surface area contributed by atoms with Gasteiger partial charge in [-0.25, -0.2) is 0 Å². The van der Waals surface area contributed by atoms with Crippen molar-refractivity contribution in [1.82, 2.24) is 0 Å². The van der Waals surface area contributed by atoms with Crippen LogP contribution in [0, 0.1) is 17.3 Å². The van der Waals surface area contributed by atoms with Gasteiger partial charge in [-0.3, -0.25) is 4.79 Å². The molecule has 0 N–H and O–H groups in total. The second-order valence-electron chi connectivity index (χ2n) is 6.64. The van der Waals surface area contributed by atoms with Gasteiger partial charge in [-0.2, -0.15) is 0 Å². The average Bonchev–Trinajstić information content (AvgIpc) is 2.27. The molecule has 0 rings (SSSR count). The summed E-state index contributed by atoms with van der Waals surface area (Å²) in [5, 5.41) is 0. The van der Waals surface area contributed by atoms with Gasteiger partial charge in [0.1, 0.15) is 6.10 Å². The molecule has 18 heavy (non-hydrogen) atoms. The molecule has 0 aromatic carbocycles. The summed E-state index contributed by atoms with van der Waals surface area (Å²) in [5.74, 6) is 1.14. The lowest BCUT2D eigenvalue weighted by Gasteiger charge is -2.27. The lowest BCUT2D eigenvalue weighted by molar-refractivity contribution is -0.161. The normalized spacial score (nSPS) is 15.6. The molecule has 0 aliphatic rings. The second kappa shape index (κ2) is 7.81. The molecule has 0 saturated carbocycles. The molecule has 2 atom stereocenters. The van der Waals surface area contributed by atoms with Crippen molar-refractivity contribution in [2.24, 2.45) is 17.3 Å². The molecular weight excluding hydrogens is 224 g/mol. The summed E-state index contributed by atoms with van der Waals surface area (Å²) < 4.78 is 5.75. The third kappa shape index (κ3) is 6.42. The van der Waals surface area contributed by atoms with E-state index in [2.05, 4.69) is 27.7 Å². The largest absolute Gasteiger partial charge is 0.462 e. The van der Waals surface area contributed by atoms with Crippen LogP contribution >= 0.6 is 0 Å². The van der Waals surface area contributed by atoms with Crippen LogP contribution in [0.25, 0.3) is 0 Å². The van der Waals surface area contributed by atoms with E-state index in [0.717, 1.165) is 25.7 Å². The van der Waals surface area contributed by atoms with E-state index < -0.39 is 0 Å². The zero-order valence-corrected chi connectivity index (χ0v) is 13.4. The first-order valence-electron chi connectivity index (χ1n) is 7.44. The minimum atomic E-state index is -0.356. The molecule has 0 saturated heterocycles. The minimum Gasteiger partial charge on any atom is -0.462 e. The van der Waals surface area contributed by atoms with Gasteiger partial charge in [-0.05, 0) is 44.9 Å². The van der Waals surface area contributed by atoms with Gasteiger partial charge < -0.3 is 4.74 Å². The average molecular weight is 256 g/mol. The quantitative estimate of drug-likeness (QED) is 0.582. The monoisotopic (exact) mass is 256 g/mol. The molecule has 0 fully saturated rings. The zero-order valence-electron chi connectivity index (χ0n) is 13.4. The number of carbonyl (C=O) groups is 1. The van der Waals surface area contributed by atoms with Crippen molar-refractivity contribution >= 4 is 5.97 Å². The summed E-state index contributed by atoms with van der Waals surface area (Å²) in [7, 11) is 0. The van der Waals surface area contributed by atoms with Crippen LogP contribution in [0.15, 0.2) is 0 Å². The predicted octanol–water partition coefficient (Wildman–Crippen LogP) is 4.82. The maximum atomic E-state index is 12.1.